The lowest BCUT2D eigenvalue weighted by atomic mass is 10.1. The molecular formula is C19H12F6N2O2S. The Kier molecular flexibility index (Phi) is 5.68. The molecule has 0 unspecified atom stereocenters. The van der Waals surface area contributed by atoms with Crippen molar-refractivity contribution in [2.45, 2.75) is 24.4 Å². The second-order valence-electron chi connectivity index (χ2n) is 6.27. The highest BCUT2D eigenvalue weighted by atomic mass is 32.2. The molecule has 11 heteroatoms. The Morgan fingerprint density at radius 3 is 2.30 bits per heavy atom. The van der Waals surface area contributed by atoms with Gasteiger partial charge in [-0.25, -0.2) is 4.98 Å². The van der Waals surface area contributed by atoms with E-state index in [9.17, 15) is 35.9 Å². The van der Waals surface area contributed by atoms with E-state index >= 15 is 0 Å². The number of alkyl halides is 6. The molecule has 0 spiro atoms. The van der Waals surface area contributed by atoms with Crippen LogP contribution in [0.25, 0.3) is 16.6 Å². The summed E-state index contributed by atoms with van der Waals surface area (Å²) in [5.74, 6) is -0.584. The van der Waals surface area contributed by atoms with Crippen molar-refractivity contribution < 1.29 is 31.1 Å². The van der Waals surface area contributed by atoms with Gasteiger partial charge in [0.25, 0.3) is 5.56 Å². The molecular weight excluding hydrogens is 434 g/mol. The first-order chi connectivity index (χ1) is 13.9. The van der Waals surface area contributed by atoms with E-state index in [2.05, 4.69) is 4.98 Å². The van der Waals surface area contributed by atoms with Gasteiger partial charge in [-0.15, -0.1) is 0 Å². The number of benzene rings is 2. The molecule has 1 aromatic heterocycles. The fourth-order valence-electron chi connectivity index (χ4n) is 2.72. The molecule has 1 heterocycles. The number of Topliss-reactive ketones (excluding diaryl/α,β-unsaturated/α-hetero) is 1. The number of aromatic nitrogens is 2. The highest BCUT2D eigenvalue weighted by Gasteiger charge is 2.38. The van der Waals surface area contributed by atoms with Crippen molar-refractivity contribution in [1.29, 1.82) is 0 Å². The average molecular weight is 446 g/mol. The maximum atomic E-state index is 13.6. The van der Waals surface area contributed by atoms with Gasteiger partial charge in [0.15, 0.2) is 5.16 Å². The largest absolute Gasteiger partial charge is 0.418 e. The number of fused-ring (bicyclic) bond motifs is 1. The zero-order chi connectivity index (χ0) is 22.3. The first-order valence-electron chi connectivity index (χ1n) is 8.32. The van der Waals surface area contributed by atoms with Gasteiger partial charge in [0.1, 0.15) is 5.78 Å². The molecule has 0 saturated heterocycles. The third-order valence-electron chi connectivity index (χ3n) is 4.02. The maximum absolute atomic E-state index is 13.6. The van der Waals surface area contributed by atoms with Crippen LogP contribution < -0.4 is 5.56 Å². The van der Waals surface area contributed by atoms with Crippen LogP contribution in [0.5, 0.6) is 0 Å². The number of hydrogen-bond donors (Lipinski definition) is 0. The molecule has 2 aromatic carbocycles. The summed E-state index contributed by atoms with van der Waals surface area (Å²) < 4.78 is 80.8. The van der Waals surface area contributed by atoms with Crippen molar-refractivity contribution in [2.75, 3.05) is 5.75 Å². The van der Waals surface area contributed by atoms with Crippen LogP contribution in [0.4, 0.5) is 26.3 Å². The zero-order valence-electron chi connectivity index (χ0n) is 15.1. The van der Waals surface area contributed by atoms with Crippen LogP contribution in [0.15, 0.2) is 52.4 Å². The Balaban J connectivity index is 2.42. The van der Waals surface area contributed by atoms with E-state index in [0.717, 1.165) is 0 Å². The van der Waals surface area contributed by atoms with Crippen LogP contribution in [-0.4, -0.2) is 21.1 Å². The van der Waals surface area contributed by atoms with Gasteiger partial charge >= 0.3 is 12.4 Å². The number of thioether (sulfide) groups is 1. The van der Waals surface area contributed by atoms with Gasteiger partial charge in [-0.1, -0.05) is 23.9 Å². The number of rotatable bonds is 4. The van der Waals surface area contributed by atoms with E-state index in [1.165, 1.54) is 25.1 Å². The Hall–Kier alpha value is -2.82. The number of halogens is 6. The SMILES string of the molecule is CC(=O)CSc1nc2ccccc2c(=O)n1-c1cc(C(F)(F)F)ccc1C(F)(F)F. The van der Waals surface area contributed by atoms with Crippen LogP contribution in [0.1, 0.15) is 18.1 Å². The molecule has 0 fully saturated rings. The molecule has 3 aromatic rings. The second kappa shape index (κ2) is 7.78. The molecule has 0 atom stereocenters. The van der Waals surface area contributed by atoms with Gasteiger partial charge in [0.2, 0.25) is 0 Å². The van der Waals surface area contributed by atoms with E-state index in [4.69, 9.17) is 0 Å². The molecule has 0 aliphatic carbocycles. The lowest BCUT2D eigenvalue weighted by Crippen LogP contribution is -2.25. The summed E-state index contributed by atoms with van der Waals surface area (Å²) in [5.41, 5.74) is -4.62. The van der Waals surface area contributed by atoms with Gasteiger partial charge in [-0.3, -0.25) is 14.2 Å². The Labute approximate surface area is 169 Å². The minimum absolute atomic E-state index is 0.0739. The summed E-state index contributed by atoms with van der Waals surface area (Å²) in [6.45, 7) is 1.22. The number of nitrogens with zero attached hydrogens (tertiary/aromatic N) is 2. The number of para-hydroxylation sites is 1. The summed E-state index contributed by atoms with van der Waals surface area (Å²) in [7, 11) is 0. The number of carbonyl (C=O) groups is 1. The Morgan fingerprint density at radius 1 is 1.03 bits per heavy atom. The third kappa shape index (κ3) is 4.35. The van der Waals surface area contributed by atoms with Gasteiger partial charge in [-0.05, 0) is 37.3 Å². The van der Waals surface area contributed by atoms with E-state index in [1.807, 2.05) is 0 Å². The fourth-order valence-corrected chi connectivity index (χ4v) is 3.53. The predicted octanol–water partition coefficient (Wildman–Crippen LogP) is 5.10. The van der Waals surface area contributed by atoms with E-state index in [0.29, 0.717) is 22.4 Å². The first-order valence-corrected chi connectivity index (χ1v) is 9.31. The Bertz CT molecular complexity index is 1180. The molecule has 30 heavy (non-hydrogen) atoms. The topological polar surface area (TPSA) is 52.0 Å². The second-order valence-corrected chi connectivity index (χ2v) is 7.21. The maximum Gasteiger partial charge on any atom is 0.418 e. The van der Waals surface area contributed by atoms with Crippen LogP contribution in [0.2, 0.25) is 0 Å². The molecule has 158 valence electrons. The monoisotopic (exact) mass is 446 g/mol. The highest BCUT2D eigenvalue weighted by molar-refractivity contribution is 7.99. The van der Waals surface area contributed by atoms with E-state index in [-0.39, 0.29) is 39.7 Å². The summed E-state index contributed by atoms with van der Waals surface area (Å²) in [4.78, 5) is 28.5. The zero-order valence-corrected chi connectivity index (χ0v) is 16.0. The van der Waals surface area contributed by atoms with E-state index in [1.54, 1.807) is 6.07 Å². The standard InChI is InChI=1S/C19H12F6N2O2S/c1-10(28)9-30-17-26-14-5-3-2-4-12(14)16(29)27(17)15-8-11(18(20,21)22)6-7-13(15)19(23,24)25/h2-8H,9H2,1H3. The smallest absolute Gasteiger partial charge is 0.299 e. The van der Waals surface area contributed by atoms with Crippen LogP contribution in [-0.2, 0) is 17.1 Å². The molecule has 0 saturated carbocycles. The molecule has 0 bridgehead atoms. The highest BCUT2D eigenvalue weighted by Crippen LogP contribution is 2.38. The third-order valence-corrected chi connectivity index (χ3v) is 5.10. The van der Waals surface area contributed by atoms with Gasteiger partial charge < -0.3 is 0 Å². The van der Waals surface area contributed by atoms with Gasteiger partial charge in [0.05, 0.1) is 33.5 Å². The molecule has 4 nitrogen and oxygen atoms in total. The molecule has 0 aliphatic heterocycles. The van der Waals surface area contributed by atoms with Crippen LogP contribution >= 0.6 is 11.8 Å². The fraction of sp³-hybridized carbons (Fsp3) is 0.211. The van der Waals surface area contributed by atoms with Crippen molar-refractivity contribution in [3.63, 3.8) is 0 Å². The summed E-state index contributed by atoms with van der Waals surface area (Å²) in [6, 6.07) is 6.59. The predicted molar refractivity (Wildman–Crippen MR) is 98.7 cm³/mol. The number of hydrogen-bond acceptors (Lipinski definition) is 4. The molecule has 0 radical (unpaired) electrons. The lowest BCUT2D eigenvalue weighted by Gasteiger charge is -2.19. The van der Waals surface area contributed by atoms with Crippen LogP contribution in [0, 0.1) is 0 Å². The van der Waals surface area contributed by atoms with Gasteiger partial charge in [0, 0.05) is 0 Å². The van der Waals surface area contributed by atoms with Crippen molar-refractivity contribution >= 4 is 28.4 Å². The summed E-state index contributed by atoms with van der Waals surface area (Å²) in [5, 5.41) is -0.395. The Morgan fingerprint density at radius 2 is 1.70 bits per heavy atom. The first kappa shape index (κ1) is 21.9. The van der Waals surface area contributed by atoms with Crippen molar-refractivity contribution in [2.24, 2.45) is 0 Å². The minimum Gasteiger partial charge on any atom is -0.299 e. The average Bonchev–Trinajstić information content (AvgIpc) is 2.64. The molecule has 0 amide bonds. The normalized spacial score (nSPS) is 12.4. The van der Waals surface area contributed by atoms with E-state index < -0.39 is 34.7 Å². The summed E-state index contributed by atoms with van der Waals surface area (Å²) >= 11 is 0.665. The van der Waals surface area contributed by atoms with Crippen molar-refractivity contribution in [3.05, 3.63) is 63.9 Å². The van der Waals surface area contributed by atoms with Crippen LogP contribution in [0.3, 0.4) is 0 Å². The molecule has 0 aliphatic rings. The van der Waals surface area contributed by atoms with Crippen molar-refractivity contribution in [3.8, 4) is 5.69 Å². The summed E-state index contributed by atoms with van der Waals surface area (Å²) in [6.07, 6.45) is -9.97. The molecule has 3 rings (SSSR count). The quantitative estimate of drug-likeness (QED) is 0.318. The minimum atomic E-state index is -5.03. The number of carbonyl (C=O) groups excluding carboxylic acids is 1. The lowest BCUT2D eigenvalue weighted by molar-refractivity contribution is -0.141. The van der Waals surface area contributed by atoms with Crippen molar-refractivity contribution in [1.82, 2.24) is 9.55 Å². The number of ketones is 1. The molecule has 0 N–H and O–H groups in total. The van der Waals surface area contributed by atoms with Gasteiger partial charge in [-0.2, -0.15) is 26.3 Å².